The van der Waals surface area contributed by atoms with Gasteiger partial charge in [-0.15, -0.1) is 0 Å². The van der Waals surface area contributed by atoms with Crippen LogP contribution in [0.5, 0.6) is 0 Å². The Labute approximate surface area is 143 Å². The van der Waals surface area contributed by atoms with Gasteiger partial charge in [0.1, 0.15) is 0 Å². The first-order valence-electron chi connectivity index (χ1n) is 9.17. The smallest absolute Gasteiger partial charge is 0.318 e. The number of hydrogen-bond acceptors (Lipinski definition) is 3. The molecule has 2 aliphatic heterocycles. The molecule has 2 N–H and O–H groups in total. The lowest BCUT2D eigenvalue weighted by molar-refractivity contribution is 0.0950. The van der Waals surface area contributed by atoms with Crippen molar-refractivity contribution in [3.8, 4) is 0 Å². The predicted molar refractivity (Wildman–Crippen MR) is 90.7 cm³/mol. The first-order chi connectivity index (χ1) is 11.8. The van der Waals surface area contributed by atoms with Crippen molar-refractivity contribution in [2.75, 3.05) is 13.2 Å². The van der Waals surface area contributed by atoms with Crippen LogP contribution in [0.1, 0.15) is 49.3 Å². The van der Waals surface area contributed by atoms with Crippen LogP contribution >= 0.6 is 0 Å². The lowest BCUT2D eigenvalue weighted by Gasteiger charge is -2.36. The van der Waals surface area contributed by atoms with E-state index in [0.717, 1.165) is 38.5 Å². The maximum atomic E-state index is 12.9. The zero-order valence-electron chi connectivity index (χ0n) is 14.0. The summed E-state index contributed by atoms with van der Waals surface area (Å²) < 4.78 is 5.84. The molecular weight excluding hydrogens is 304 g/mol. The second-order valence-electron chi connectivity index (χ2n) is 7.19. The van der Waals surface area contributed by atoms with Crippen LogP contribution in [-0.4, -0.2) is 47.4 Å². The summed E-state index contributed by atoms with van der Waals surface area (Å²) in [5.74, 6) is 0. The Balaban J connectivity index is 1.51. The van der Waals surface area contributed by atoms with Gasteiger partial charge in [-0.2, -0.15) is 0 Å². The fourth-order valence-electron chi connectivity index (χ4n) is 4.59. The molecule has 2 fully saturated rings. The highest BCUT2D eigenvalue weighted by Gasteiger charge is 2.42. The van der Waals surface area contributed by atoms with Gasteiger partial charge >= 0.3 is 6.03 Å². The van der Waals surface area contributed by atoms with E-state index in [1.54, 1.807) is 0 Å². The van der Waals surface area contributed by atoms with Gasteiger partial charge in [0, 0.05) is 6.54 Å². The maximum Gasteiger partial charge on any atom is 0.318 e. The molecule has 0 saturated carbocycles. The number of urea groups is 1. The Bertz CT molecular complexity index is 606. The highest BCUT2D eigenvalue weighted by molar-refractivity contribution is 5.75. The Morgan fingerprint density at radius 2 is 2.17 bits per heavy atom. The van der Waals surface area contributed by atoms with E-state index >= 15 is 0 Å². The van der Waals surface area contributed by atoms with E-state index in [2.05, 4.69) is 23.5 Å². The summed E-state index contributed by atoms with van der Waals surface area (Å²) in [5.41, 5.74) is 2.56. The molecule has 2 heterocycles. The fourth-order valence-corrected chi connectivity index (χ4v) is 4.59. The lowest BCUT2D eigenvalue weighted by atomic mass is 9.87. The van der Waals surface area contributed by atoms with Crippen LogP contribution in [-0.2, 0) is 11.2 Å². The lowest BCUT2D eigenvalue weighted by Crippen LogP contribution is -2.50. The van der Waals surface area contributed by atoms with Crippen LogP contribution in [0.3, 0.4) is 0 Å². The number of nitrogens with zero attached hydrogens (tertiary/aromatic N) is 1. The highest BCUT2D eigenvalue weighted by Crippen LogP contribution is 2.36. The summed E-state index contributed by atoms with van der Waals surface area (Å²) in [6.45, 7) is 0.353. The molecule has 2 saturated heterocycles. The van der Waals surface area contributed by atoms with Gasteiger partial charge in [0.2, 0.25) is 0 Å². The van der Waals surface area contributed by atoms with Crippen LogP contribution in [0.2, 0.25) is 0 Å². The predicted octanol–water partition coefficient (Wildman–Crippen LogP) is 2.39. The molecule has 1 aromatic rings. The van der Waals surface area contributed by atoms with Crippen LogP contribution in [0.15, 0.2) is 24.3 Å². The summed E-state index contributed by atoms with van der Waals surface area (Å²) in [7, 11) is 0. The summed E-state index contributed by atoms with van der Waals surface area (Å²) >= 11 is 0. The zero-order valence-corrected chi connectivity index (χ0v) is 14.0. The minimum absolute atomic E-state index is 0.0146. The number of rotatable bonds is 4. The molecule has 3 aliphatic rings. The number of fused-ring (bicyclic) bond motifs is 3. The van der Waals surface area contributed by atoms with Gasteiger partial charge in [-0.3, -0.25) is 0 Å². The molecular formula is C19H26N2O3. The number of aryl methyl sites for hydroxylation is 1. The number of aliphatic hydroxyl groups excluding tert-OH is 1. The molecule has 0 radical (unpaired) electrons. The van der Waals surface area contributed by atoms with E-state index in [0.29, 0.717) is 12.6 Å². The number of amides is 2. The Morgan fingerprint density at radius 1 is 1.29 bits per heavy atom. The molecule has 0 aromatic heterocycles. The normalized spacial score (nSPS) is 30.9. The second kappa shape index (κ2) is 6.73. The van der Waals surface area contributed by atoms with Gasteiger partial charge in [-0.05, 0) is 49.7 Å². The van der Waals surface area contributed by atoms with Crippen LogP contribution in [0, 0.1) is 0 Å². The van der Waals surface area contributed by atoms with Crippen LogP contribution < -0.4 is 5.32 Å². The Kier molecular flexibility index (Phi) is 4.46. The molecule has 4 atom stereocenters. The molecule has 1 aromatic carbocycles. The Hall–Kier alpha value is -1.59. The Morgan fingerprint density at radius 3 is 2.92 bits per heavy atom. The second-order valence-corrected chi connectivity index (χ2v) is 7.19. The number of benzene rings is 1. The zero-order chi connectivity index (χ0) is 16.5. The van der Waals surface area contributed by atoms with E-state index in [-0.39, 0.29) is 30.8 Å². The standard InChI is InChI=1S/C19H26N2O3/c22-11-10-21(17-7-3-5-13-4-1-2-6-15(13)17)19(23)20-16-12-14-8-9-18(16)24-14/h1-2,4,6,14,16-18,22H,3,5,7-12H2,(H,20,23). The van der Waals surface area contributed by atoms with Crippen LogP contribution in [0.25, 0.3) is 0 Å². The van der Waals surface area contributed by atoms with Crippen molar-refractivity contribution in [3.63, 3.8) is 0 Å². The van der Waals surface area contributed by atoms with E-state index in [9.17, 15) is 9.90 Å². The number of aliphatic hydroxyl groups is 1. The average Bonchev–Trinajstić information content (AvgIpc) is 3.22. The first-order valence-corrected chi connectivity index (χ1v) is 9.17. The van der Waals surface area contributed by atoms with Crippen molar-refractivity contribution < 1.29 is 14.6 Å². The summed E-state index contributed by atoms with van der Waals surface area (Å²) in [6, 6.07) is 8.49. The topological polar surface area (TPSA) is 61.8 Å². The SMILES string of the molecule is O=C(NC1CC2CCC1O2)N(CCO)C1CCCc2ccccc21. The van der Waals surface area contributed by atoms with Crippen molar-refractivity contribution in [1.29, 1.82) is 0 Å². The van der Waals surface area contributed by atoms with Crippen molar-refractivity contribution in [3.05, 3.63) is 35.4 Å². The number of nitrogens with one attached hydrogen (secondary N) is 1. The fraction of sp³-hybridized carbons (Fsp3) is 0.632. The third-order valence-corrected chi connectivity index (χ3v) is 5.73. The van der Waals surface area contributed by atoms with Crippen molar-refractivity contribution in [2.24, 2.45) is 0 Å². The van der Waals surface area contributed by atoms with Gasteiger partial charge in [0.05, 0.1) is 30.9 Å². The van der Waals surface area contributed by atoms with Crippen molar-refractivity contribution in [1.82, 2.24) is 10.2 Å². The summed E-state index contributed by atoms with van der Waals surface area (Å²) in [4.78, 5) is 14.7. The maximum absolute atomic E-state index is 12.9. The van der Waals surface area contributed by atoms with Gasteiger partial charge in [0.25, 0.3) is 0 Å². The third-order valence-electron chi connectivity index (χ3n) is 5.73. The van der Waals surface area contributed by atoms with E-state index in [1.807, 2.05) is 11.0 Å². The van der Waals surface area contributed by atoms with Crippen LogP contribution in [0.4, 0.5) is 4.79 Å². The molecule has 4 rings (SSSR count). The number of ether oxygens (including phenoxy) is 1. The number of hydrogen-bond donors (Lipinski definition) is 2. The summed E-state index contributed by atoms with van der Waals surface area (Å²) in [6.07, 6.45) is 6.68. The van der Waals surface area contributed by atoms with E-state index in [4.69, 9.17) is 4.74 Å². The molecule has 4 unspecified atom stereocenters. The first kappa shape index (κ1) is 15.9. The molecule has 5 nitrogen and oxygen atoms in total. The van der Waals surface area contributed by atoms with Gasteiger partial charge < -0.3 is 20.1 Å². The minimum atomic E-state index is -0.0631. The third kappa shape index (κ3) is 2.91. The molecule has 2 amide bonds. The molecule has 130 valence electrons. The van der Waals surface area contributed by atoms with Gasteiger partial charge in [-0.1, -0.05) is 24.3 Å². The monoisotopic (exact) mass is 330 g/mol. The van der Waals surface area contributed by atoms with E-state index < -0.39 is 0 Å². The minimum Gasteiger partial charge on any atom is -0.395 e. The highest BCUT2D eigenvalue weighted by atomic mass is 16.5. The quantitative estimate of drug-likeness (QED) is 0.891. The van der Waals surface area contributed by atoms with Crippen molar-refractivity contribution in [2.45, 2.75) is 62.8 Å². The number of carbonyl (C=O) groups excluding carboxylic acids is 1. The molecule has 24 heavy (non-hydrogen) atoms. The molecule has 1 aliphatic carbocycles. The molecule has 0 spiro atoms. The van der Waals surface area contributed by atoms with Gasteiger partial charge in [-0.25, -0.2) is 4.79 Å². The van der Waals surface area contributed by atoms with Gasteiger partial charge in [0.15, 0.2) is 0 Å². The average molecular weight is 330 g/mol. The largest absolute Gasteiger partial charge is 0.395 e. The molecule has 2 bridgehead atoms. The number of carbonyl (C=O) groups is 1. The van der Waals surface area contributed by atoms with Crippen molar-refractivity contribution >= 4 is 6.03 Å². The van der Waals surface area contributed by atoms with E-state index in [1.165, 1.54) is 11.1 Å². The summed E-state index contributed by atoms with van der Waals surface area (Å²) in [5, 5.41) is 12.7. The molecule has 5 heteroatoms.